The zero-order valence-electron chi connectivity index (χ0n) is 17.4. The summed E-state index contributed by atoms with van der Waals surface area (Å²) in [4.78, 5) is 14.0. The van der Waals surface area contributed by atoms with Gasteiger partial charge < -0.3 is 4.90 Å². The van der Waals surface area contributed by atoms with Crippen LogP contribution in [0.4, 0.5) is 13.2 Å². The van der Waals surface area contributed by atoms with Crippen molar-refractivity contribution in [1.29, 1.82) is 0 Å². The maximum atomic E-state index is 13.2. The molecule has 168 valence electrons. The van der Waals surface area contributed by atoms with E-state index in [4.69, 9.17) is 0 Å². The lowest BCUT2D eigenvalue weighted by molar-refractivity contribution is -0.138. The molecule has 1 fully saturated rings. The van der Waals surface area contributed by atoms with Gasteiger partial charge in [-0.15, -0.1) is 0 Å². The van der Waals surface area contributed by atoms with Crippen molar-refractivity contribution >= 4 is 15.9 Å². The molecule has 1 aliphatic rings. The van der Waals surface area contributed by atoms with Gasteiger partial charge in [-0.2, -0.15) is 17.5 Å². The van der Waals surface area contributed by atoms with E-state index in [1.54, 1.807) is 0 Å². The standard InChI is InChI=1S/C22H25F3N2O3S/c1-16-8-5-6-13-27(16)31(29,30)19-11-7-10-17(14-19)21(28)26(2)15-18-9-3-4-12-20(18)22(23,24)25/h3-4,7,9-12,14,16H,5-6,8,13,15H2,1-2H3. The van der Waals surface area contributed by atoms with Crippen LogP contribution in [0.2, 0.25) is 0 Å². The van der Waals surface area contributed by atoms with Crippen LogP contribution in [0, 0.1) is 0 Å². The van der Waals surface area contributed by atoms with Crippen LogP contribution in [0.25, 0.3) is 0 Å². The molecule has 1 heterocycles. The average Bonchev–Trinajstić information content (AvgIpc) is 2.73. The smallest absolute Gasteiger partial charge is 0.337 e. The second-order valence-corrected chi connectivity index (χ2v) is 9.70. The SMILES string of the molecule is CC1CCCCN1S(=O)(=O)c1cccc(C(=O)N(C)Cc2ccccc2C(F)(F)F)c1. The predicted molar refractivity (Wildman–Crippen MR) is 111 cm³/mol. The largest absolute Gasteiger partial charge is 0.416 e. The molecule has 1 unspecified atom stereocenters. The van der Waals surface area contributed by atoms with Gasteiger partial charge in [-0.25, -0.2) is 8.42 Å². The van der Waals surface area contributed by atoms with Crippen LogP contribution in [-0.4, -0.2) is 43.2 Å². The number of rotatable bonds is 5. The zero-order valence-corrected chi connectivity index (χ0v) is 18.2. The maximum absolute atomic E-state index is 13.2. The number of benzene rings is 2. The molecule has 9 heteroatoms. The second kappa shape index (κ2) is 9.00. The number of nitrogens with zero attached hydrogens (tertiary/aromatic N) is 2. The van der Waals surface area contributed by atoms with Crippen molar-refractivity contribution in [2.75, 3.05) is 13.6 Å². The fourth-order valence-corrected chi connectivity index (χ4v) is 5.58. The Balaban J connectivity index is 1.84. The van der Waals surface area contributed by atoms with E-state index in [1.807, 2.05) is 6.92 Å². The lowest BCUT2D eigenvalue weighted by atomic mass is 10.1. The van der Waals surface area contributed by atoms with Crippen molar-refractivity contribution in [2.24, 2.45) is 0 Å². The summed E-state index contributed by atoms with van der Waals surface area (Å²) in [5.74, 6) is -0.555. The normalized spacial score (nSPS) is 18.0. The third-order valence-electron chi connectivity index (χ3n) is 5.51. The van der Waals surface area contributed by atoms with Gasteiger partial charge in [0.25, 0.3) is 5.91 Å². The topological polar surface area (TPSA) is 57.7 Å². The third-order valence-corrected chi connectivity index (χ3v) is 7.52. The van der Waals surface area contributed by atoms with Crippen LogP contribution in [0.15, 0.2) is 53.4 Å². The molecule has 2 aromatic rings. The Morgan fingerprint density at radius 3 is 2.52 bits per heavy atom. The molecule has 0 radical (unpaired) electrons. The molecule has 0 aliphatic carbocycles. The highest BCUT2D eigenvalue weighted by atomic mass is 32.2. The van der Waals surface area contributed by atoms with E-state index in [1.165, 1.54) is 53.8 Å². The van der Waals surface area contributed by atoms with Crippen molar-refractivity contribution in [1.82, 2.24) is 9.21 Å². The van der Waals surface area contributed by atoms with E-state index in [0.29, 0.717) is 6.54 Å². The van der Waals surface area contributed by atoms with Gasteiger partial charge in [-0.05, 0) is 49.6 Å². The molecular weight excluding hydrogens is 429 g/mol. The highest BCUT2D eigenvalue weighted by molar-refractivity contribution is 7.89. The molecule has 1 saturated heterocycles. The lowest BCUT2D eigenvalue weighted by Crippen LogP contribution is -2.42. The first-order valence-electron chi connectivity index (χ1n) is 10.0. The molecule has 1 atom stereocenters. The molecule has 5 nitrogen and oxygen atoms in total. The van der Waals surface area contributed by atoms with E-state index < -0.39 is 27.7 Å². The Kier molecular flexibility index (Phi) is 6.76. The van der Waals surface area contributed by atoms with Crippen LogP contribution in [-0.2, 0) is 22.7 Å². The molecule has 1 aliphatic heterocycles. The van der Waals surface area contributed by atoms with Crippen molar-refractivity contribution < 1.29 is 26.4 Å². The van der Waals surface area contributed by atoms with Crippen molar-refractivity contribution in [3.63, 3.8) is 0 Å². The summed E-state index contributed by atoms with van der Waals surface area (Å²) in [7, 11) is -2.37. The zero-order chi connectivity index (χ0) is 22.8. The summed E-state index contributed by atoms with van der Waals surface area (Å²) in [6.07, 6.45) is -2.00. The van der Waals surface area contributed by atoms with Crippen molar-refractivity contribution in [3.8, 4) is 0 Å². The summed E-state index contributed by atoms with van der Waals surface area (Å²) < 4.78 is 67.3. The van der Waals surface area contributed by atoms with E-state index in [9.17, 15) is 26.4 Å². The fraction of sp³-hybridized carbons (Fsp3) is 0.409. The molecule has 0 aromatic heterocycles. The van der Waals surface area contributed by atoms with Gasteiger partial charge in [0.05, 0.1) is 10.5 Å². The van der Waals surface area contributed by atoms with E-state index in [-0.39, 0.29) is 28.6 Å². The van der Waals surface area contributed by atoms with Gasteiger partial charge in [0.1, 0.15) is 0 Å². The third kappa shape index (κ3) is 5.10. The number of sulfonamides is 1. The number of carbonyl (C=O) groups is 1. The van der Waals surface area contributed by atoms with Crippen LogP contribution in [0.5, 0.6) is 0 Å². The Labute approximate surface area is 180 Å². The summed E-state index contributed by atoms with van der Waals surface area (Å²) in [6, 6.07) is 10.6. The van der Waals surface area contributed by atoms with E-state index >= 15 is 0 Å². The van der Waals surface area contributed by atoms with Gasteiger partial charge in [0.15, 0.2) is 0 Å². The van der Waals surface area contributed by atoms with Gasteiger partial charge in [0.2, 0.25) is 10.0 Å². The minimum Gasteiger partial charge on any atom is -0.337 e. The quantitative estimate of drug-likeness (QED) is 0.667. The molecule has 31 heavy (non-hydrogen) atoms. The minimum absolute atomic E-state index is 0.0104. The van der Waals surface area contributed by atoms with Crippen LogP contribution >= 0.6 is 0 Å². The van der Waals surface area contributed by atoms with Crippen LogP contribution in [0.3, 0.4) is 0 Å². The number of piperidine rings is 1. The Morgan fingerprint density at radius 2 is 1.84 bits per heavy atom. The molecule has 0 spiro atoms. The summed E-state index contributed by atoms with van der Waals surface area (Å²) in [6.45, 7) is 2.03. The van der Waals surface area contributed by atoms with Gasteiger partial charge >= 0.3 is 6.18 Å². The number of alkyl halides is 3. The fourth-order valence-electron chi connectivity index (χ4n) is 3.84. The molecular formula is C22H25F3N2O3S. The van der Waals surface area contributed by atoms with Gasteiger partial charge in [-0.3, -0.25) is 4.79 Å². The number of carbonyl (C=O) groups excluding carboxylic acids is 1. The van der Waals surface area contributed by atoms with E-state index in [2.05, 4.69) is 0 Å². The summed E-state index contributed by atoms with van der Waals surface area (Å²) in [5, 5.41) is 0. The number of halogens is 3. The monoisotopic (exact) mass is 454 g/mol. The number of amides is 1. The Morgan fingerprint density at radius 1 is 1.13 bits per heavy atom. The molecule has 3 rings (SSSR count). The Bertz CT molecular complexity index is 1050. The lowest BCUT2D eigenvalue weighted by Gasteiger charge is -2.32. The van der Waals surface area contributed by atoms with Crippen LogP contribution < -0.4 is 0 Å². The molecule has 1 amide bonds. The highest BCUT2D eigenvalue weighted by Crippen LogP contribution is 2.32. The van der Waals surface area contributed by atoms with E-state index in [0.717, 1.165) is 30.2 Å². The highest BCUT2D eigenvalue weighted by Gasteiger charge is 2.34. The molecule has 0 bridgehead atoms. The van der Waals surface area contributed by atoms with Gasteiger partial charge in [-0.1, -0.05) is 30.7 Å². The molecule has 2 aromatic carbocycles. The number of hydrogen-bond acceptors (Lipinski definition) is 3. The second-order valence-electron chi connectivity index (χ2n) is 7.80. The summed E-state index contributed by atoms with van der Waals surface area (Å²) in [5.41, 5.74) is -0.723. The first-order valence-corrected chi connectivity index (χ1v) is 11.5. The summed E-state index contributed by atoms with van der Waals surface area (Å²) >= 11 is 0. The first-order chi connectivity index (χ1) is 14.5. The molecule has 0 saturated carbocycles. The van der Waals surface area contributed by atoms with Crippen molar-refractivity contribution in [3.05, 3.63) is 65.2 Å². The van der Waals surface area contributed by atoms with Crippen molar-refractivity contribution in [2.45, 2.75) is 49.8 Å². The van der Waals surface area contributed by atoms with Gasteiger partial charge in [0, 0.05) is 31.7 Å². The minimum atomic E-state index is -4.53. The maximum Gasteiger partial charge on any atom is 0.416 e. The predicted octanol–water partition coefficient (Wildman–Crippen LogP) is 4.54. The average molecular weight is 455 g/mol. The number of hydrogen-bond donors (Lipinski definition) is 0. The Hall–Kier alpha value is -2.39. The molecule has 0 N–H and O–H groups in total. The van der Waals surface area contributed by atoms with Crippen LogP contribution in [0.1, 0.15) is 47.7 Å². The first kappa shape index (κ1) is 23.3.